The molecular weight excluding hydrogens is 448 g/mol. The number of rotatable bonds is 11. The standard InChI is InChI=1S/C32H54O4/c1-22(11-9-18-31(3,4)36)27-16-17-28-24(12-10-19-32(27,28)5)14-15-25-21-29(34)26(30(35)23(25)2)13-7-6-8-20-33/h14-15,22,26-30,33-36H,2,6-13,16-21H2,1,3-5H3/t22-,26-,27-,28+,29-,30-,32-/m1/s1. The predicted octanol–water partition coefficient (Wildman–Crippen LogP) is 6.48. The topological polar surface area (TPSA) is 80.9 Å². The Balaban J connectivity index is 1.65. The summed E-state index contributed by atoms with van der Waals surface area (Å²) in [7, 11) is 0. The average Bonchev–Trinajstić information content (AvgIpc) is 3.16. The number of unbranched alkanes of at least 4 members (excludes halogenated alkanes) is 2. The third-order valence-corrected chi connectivity index (χ3v) is 9.97. The van der Waals surface area contributed by atoms with E-state index in [4.69, 9.17) is 5.11 Å². The highest BCUT2D eigenvalue weighted by Gasteiger charge is 2.50. The van der Waals surface area contributed by atoms with Crippen LogP contribution in [0.15, 0.2) is 35.5 Å². The molecule has 3 aliphatic carbocycles. The molecule has 0 saturated heterocycles. The molecular formula is C32H54O4. The molecule has 3 aliphatic rings. The van der Waals surface area contributed by atoms with Gasteiger partial charge in [-0.25, -0.2) is 0 Å². The first-order valence-corrected chi connectivity index (χ1v) is 14.8. The fourth-order valence-corrected chi connectivity index (χ4v) is 7.84. The molecule has 0 aromatic carbocycles. The van der Waals surface area contributed by atoms with Gasteiger partial charge in [0.05, 0.1) is 17.8 Å². The van der Waals surface area contributed by atoms with Gasteiger partial charge in [-0.05, 0) is 106 Å². The molecule has 0 heterocycles. The van der Waals surface area contributed by atoms with E-state index in [0.717, 1.165) is 62.0 Å². The van der Waals surface area contributed by atoms with Crippen LogP contribution in [0, 0.1) is 29.1 Å². The maximum atomic E-state index is 10.9. The molecule has 0 amide bonds. The van der Waals surface area contributed by atoms with Gasteiger partial charge in [0.1, 0.15) is 0 Å². The summed E-state index contributed by atoms with van der Waals surface area (Å²) < 4.78 is 0. The van der Waals surface area contributed by atoms with Crippen LogP contribution in [0.4, 0.5) is 0 Å². The normalized spacial score (nSPS) is 36.4. The lowest BCUT2D eigenvalue weighted by Crippen LogP contribution is -2.38. The molecule has 3 fully saturated rings. The Morgan fingerprint density at radius 3 is 2.56 bits per heavy atom. The number of hydrogen-bond donors (Lipinski definition) is 4. The zero-order chi connectivity index (χ0) is 26.5. The van der Waals surface area contributed by atoms with Crippen LogP contribution in [-0.4, -0.2) is 44.8 Å². The minimum atomic E-state index is -0.690. The van der Waals surface area contributed by atoms with Crippen LogP contribution < -0.4 is 0 Å². The molecule has 4 heteroatoms. The van der Waals surface area contributed by atoms with Crippen molar-refractivity contribution >= 4 is 0 Å². The largest absolute Gasteiger partial charge is 0.396 e. The predicted molar refractivity (Wildman–Crippen MR) is 148 cm³/mol. The van der Waals surface area contributed by atoms with Crippen molar-refractivity contribution in [2.45, 2.75) is 129 Å². The first-order chi connectivity index (χ1) is 17.0. The van der Waals surface area contributed by atoms with Gasteiger partial charge in [0.25, 0.3) is 0 Å². The molecule has 4 N–H and O–H groups in total. The Labute approximate surface area is 220 Å². The van der Waals surface area contributed by atoms with Crippen LogP contribution in [0.1, 0.15) is 111 Å². The van der Waals surface area contributed by atoms with Crippen molar-refractivity contribution < 1.29 is 20.4 Å². The molecule has 0 spiro atoms. The number of aliphatic hydroxyl groups is 4. The highest BCUT2D eigenvalue weighted by atomic mass is 16.3. The Morgan fingerprint density at radius 2 is 1.86 bits per heavy atom. The fraction of sp³-hybridized carbons (Fsp3) is 0.812. The Kier molecular flexibility index (Phi) is 10.5. The van der Waals surface area contributed by atoms with Crippen molar-refractivity contribution in [3.05, 3.63) is 35.5 Å². The molecule has 206 valence electrons. The van der Waals surface area contributed by atoms with E-state index in [9.17, 15) is 15.3 Å². The molecule has 0 aliphatic heterocycles. The number of aliphatic hydroxyl groups excluding tert-OH is 3. The van der Waals surface area contributed by atoms with Crippen molar-refractivity contribution in [3.63, 3.8) is 0 Å². The van der Waals surface area contributed by atoms with E-state index in [1.807, 2.05) is 13.8 Å². The summed E-state index contributed by atoms with van der Waals surface area (Å²) in [6, 6.07) is 0. The van der Waals surface area contributed by atoms with Gasteiger partial charge in [-0.2, -0.15) is 0 Å². The van der Waals surface area contributed by atoms with Crippen LogP contribution in [0.25, 0.3) is 0 Å². The summed E-state index contributed by atoms with van der Waals surface area (Å²) in [5, 5.41) is 40.8. The van der Waals surface area contributed by atoms with Crippen LogP contribution in [-0.2, 0) is 0 Å². The molecule has 4 nitrogen and oxygen atoms in total. The van der Waals surface area contributed by atoms with Crippen molar-refractivity contribution in [2.24, 2.45) is 29.1 Å². The van der Waals surface area contributed by atoms with Gasteiger partial charge in [-0.1, -0.05) is 63.8 Å². The second kappa shape index (κ2) is 12.7. The SMILES string of the molecule is C=C1C(=CC=C2CCC[C@]3(C)[C@@H]([C@H](C)CCCC(C)(C)O)CC[C@@H]23)C[C@@H](O)[C@@H](CCCCCO)[C@@H]1O. The van der Waals surface area contributed by atoms with Gasteiger partial charge in [-0.3, -0.25) is 0 Å². The van der Waals surface area contributed by atoms with Gasteiger partial charge in [0, 0.05) is 12.5 Å². The molecule has 0 radical (unpaired) electrons. The summed E-state index contributed by atoms with van der Waals surface area (Å²) in [4.78, 5) is 0. The molecule has 3 rings (SSSR count). The van der Waals surface area contributed by atoms with Crippen LogP contribution >= 0.6 is 0 Å². The zero-order valence-electron chi connectivity index (χ0n) is 23.5. The molecule has 3 saturated carbocycles. The monoisotopic (exact) mass is 502 g/mol. The van der Waals surface area contributed by atoms with Gasteiger partial charge < -0.3 is 20.4 Å². The quantitative estimate of drug-likeness (QED) is 0.244. The van der Waals surface area contributed by atoms with E-state index in [1.54, 1.807) is 5.57 Å². The van der Waals surface area contributed by atoms with E-state index >= 15 is 0 Å². The first kappa shape index (κ1) is 29.6. The molecule has 36 heavy (non-hydrogen) atoms. The highest BCUT2D eigenvalue weighted by Crippen LogP contribution is 2.60. The summed E-state index contributed by atoms with van der Waals surface area (Å²) >= 11 is 0. The first-order valence-electron chi connectivity index (χ1n) is 14.8. The van der Waals surface area contributed by atoms with E-state index < -0.39 is 17.8 Å². The second-order valence-corrected chi connectivity index (χ2v) is 13.2. The maximum absolute atomic E-state index is 10.9. The Hall–Kier alpha value is -0.940. The van der Waals surface area contributed by atoms with Crippen molar-refractivity contribution in [2.75, 3.05) is 6.61 Å². The summed E-state index contributed by atoms with van der Waals surface area (Å²) in [5.41, 5.74) is 3.09. The molecule has 0 bridgehead atoms. The third-order valence-electron chi connectivity index (χ3n) is 9.97. The van der Waals surface area contributed by atoms with Crippen molar-refractivity contribution in [1.82, 2.24) is 0 Å². The summed E-state index contributed by atoms with van der Waals surface area (Å²) in [5.74, 6) is 1.88. The van der Waals surface area contributed by atoms with Gasteiger partial charge in [-0.15, -0.1) is 0 Å². The Morgan fingerprint density at radius 1 is 1.11 bits per heavy atom. The van der Waals surface area contributed by atoms with Crippen LogP contribution in [0.2, 0.25) is 0 Å². The van der Waals surface area contributed by atoms with E-state index in [1.165, 1.54) is 32.1 Å². The van der Waals surface area contributed by atoms with Crippen LogP contribution in [0.3, 0.4) is 0 Å². The van der Waals surface area contributed by atoms with E-state index in [0.29, 0.717) is 23.7 Å². The highest BCUT2D eigenvalue weighted by molar-refractivity contribution is 5.39. The van der Waals surface area contributed by atoms with Gasteiger partial charge in [0.15, 0.2) is 0 Å². The Bertz CT molecular complexity index is 790. The van der Waals surface area contributed by atoms with Gasteiger partial charge >= 0.3 is 0 Å². The summed E-state index contributed by atoms with van der Waals surface area (Å²) in [6.07, 6.45) is 16.6. The number of hydrogen-bond acceptors (Lipinski definition) is 4. The van der Waals surface area contributed by atoms with Crippen molar-refractivity contribution in [1.29, 1.82) is 0 Å². The minimum Gasteiger partial charge on any atom is -0.396 e. The molecule has 0 aromatic heterocycles. The van der Waals surface area contributed by atoms with Crippen molar-refractivity contribution in [3.8, 4) is 0 Å². The lowest BCUT2D eigenvalue weighted by molar-refractivity contribution is 0.0128. The minimum absolute atomic E-state index is 0.160. The lowest BCUT2D eigenvalue weighted by atomic mass is 9.60. The smallest absolute Gasteiger partial charge is 0.0839 e. The fourth-order valence-electron chi connectivity index (χ4n) is 7.84. The van der Waals surface area contributed by atoms with Gasteiger partial charge in [0.2, 0.25) is 0 Å². The van der Waals surface area contributed by atoms with E-state index in [2.05, 4.69) is 32.6 Å². The molecule has 0 aromatic rings. The lowest BCUT2D eigenvalue weighted by Gasteiger charge is -2.44. The molecule has 7 atom stereocenters. The second-order valence-electron chi connectivity index (χ2n) is 13.2. The van der Waals surface area contributed by atoms with Crippen LogP contribution in [0.5, 0.6) is 0 Å². The average molecular weight is 503 g/mol. The zero-order valence-corrected chi connectivity index (χ0v) is 23.5. The third kappa shape index (κ3) is 7.12. The van der Waals surface area contributed by atoms with E-state index in [-0.39, 0.29) is 12.5 Å². The maximum Gasteiger partial charge on any atom is 0.0839 e. The number of allylic oxidation sites excluding steroid dienone is 3. The summed E-state index contributed by atoms with van der Waals surface area (Å²) in [6.45, 7) is 13.2. The molecule has 0 unspecified atom stereocenters. The number of fused-ring (bicyclic) bond motifs is 1.